The average molecular weight is 394 g/mol. The topological polar surface area (TPSA) is 32.3 Å². The third-order valence-electron chi connectivity index (χ3n) is 3.45. The molecule has 4 heteroatoms. The Kier molecular flexibility index (Phi) is 4.88. The van der Waals surface area contributed by atoms with Crippen molar-refractivity contribution in [2.24, 2.45) is 0 Å². The second-order valence-corrected chi connectivity index (χ2v) is 6.47. The molecule has 0 atom stereocenters. The monoisotopic (exact) mass is 394 g/mol. The molecule has 0 radical (unpaired) electrons. The Bertz CT molecular complexity index is 608. The summed E-state index contributed by atoms with van der Waals surface area (Å²) < 4.78 is 1.69. The third kappa shape index (κ3) is 3.75. The van der Waals surface area contributed by atoms with Crippen LogP contribution in [0.1, 0.15) is 25.0 Å². The molecule has 2 amide bonds. The van der Waals surface area contributed by atoms with Gasteiger partial charge in [0.05, 0.1) is 28.4 Å². The number of nitrogens with one attached hydrogen (secondary N) is 1. The maximum atomic E-state index is 12.4. The lowest BCUT2D eigenvalue weighted by atomic mass is 9.94. The third-order valence-corrected chi connectivity index (χ3v) is 5.10. The van der Waals surface area contributed by atoms with E-state index in [0.717, 1.165) is 11.3 Å². The smallest absolute Gasteiger partial charge is 0.307 e. The summed E-state index contributed by atoms with van der Waals surface area (Å²) in [5.41, 5.74) is 2.68. The van der Waals surface area contributed by atoms with Crippen LogP contribution < -0.4 is 5.32 Å². The van der Waals surface area contributed by atoms with Gasteiger partial charge >= 0.3 is 6.03 Å². The van der Waals surface area contributed by atoms with Crippen molar-refractivity contribution >= 4 is 34.6 Å². The molecule has 0 heterocycles. The maximum absolute atomic E-state index is 12.4. The summed E-state index contributed by atoms with van der Waals surface area (Å²) in [6.07, 6.45) is 0. The first-order valence-corrected chi connectivity index (χ1v) is 7.77. The number of carbonyl (C=O) groups is 1. The number of anilines is 1. The van der Waals surface area contributed by atoms with Crippen LogP contribution in [0.2, 0.25) is 0 Å². The summed E-state index contributed by atoms with van der Waals surface area (Å²) in [5, 5.41) is 2.92. The minimum atomic E-state index is -0.392. The highest BCUT2D eigenvalue weighted by Crippen LogP contribution is 2.31. The van der Waals surface area contributed by atoms with Crippen molar-refractivity contribution in [3.05, 3.63) is 65.7 Å². The lowest BCUT2D eigenvalue weighted by Crippen LogP contribution is -2.40. The first-order valence-electron chi connectivity index (χ1n) is 6.80. The number of hydrogen-bond donors (Lipinski definition) is 1. The minimum Gasteiger partial charge on any atom is -0.307 e. The molecule has 0 saturated carbocycles. The Morgan fingerprint density at radius 1 is 1.05 bits per heavy atom. The van der Waals surface area contributed by atoms with E-state index in [2.05, 4.69) is 28.2 Å². The number of nitrogens with zero attached hydrogens (tertiary/aromatic N) is 1. The molecular weight excluding hydrogens is 375 g/mol. The Morgan fingerprint density at radius 2 is 1.62 bits per heavy atom. The Labute approximate surface area is 139 Å². The van der Waals surface area contributed by atoms with Gasteiger partial charge in [-0.1, -0.05) is 48.0 Å². The summed E-state index contributed by atoms with van der Waals surface area (Å²) in [6, 6.07) is 17.7. The second kappa shape index (κ2) is 6.47. The van der Waals surface area contributed by atoms with Crippen LogP contribution in [0, 0.1) is 6.92 Å². The zero-order valence-corrected chi connectivity index (χ0v) is 14.6. The predicted molar refractivity (Wildman–Crippen MR) is 95.5 cm³/mol. The average Bonchev–Trinajstić information content (AvgIpc) is 2.49. The highest BCUT2D eigenvalue weighted by molar-refractivity contribution is 14.1. The van der Waals surface area contributed by atoms with Crippen molar-refractivity contribution in [2.45, 2.75) is 26.3 Å². The van der Waals surface area contributed by atoms with Crippen LogP contribution in [0.3, 0.4) is 0 Å². The largest absolute Gasteiger partial charge is 0.331 e. The van der Waals surface area contributed by atoms with Crippen LogP contribution in [0.5, 0.6) is 0 Å². The summed E-state index contributed by atoms with van der Waals surface area (Å²) in [5.74, 6) is 0. The van der Waals surface area contributed by atoms with E-state index in [-0.39, 0.29) is 6.03 Å². The lowest BCUT2D eigenvalue weighted by Gasteiger charge is -2.34. The number of carbonyl (C=O) groups excluding carboxylic acids is 1. The first-order chi connectivity index (χ1) is 9.91. The molecule has 0 aliphatic carbocycles. The molecule has 1 N–H and O–H groups in total. The summed E-state index contributed by atoms with van der Waals surface area (Å²) >= 11 is 2.07. The number of amides is 2. The fourth-order valence-corrected chi connectivity index (χ4v) is 2.42. The van der Waals surface area contributed by atoms with Crippen LogP contribution in [-0.2, 0) is 5.54 Å². The van der Waals surface area contributed by atoms with E-state index < -0.39 is 5.54 Å². The number of urea groups is 1. The molecule has 2 aromatic rings. The first kappa shape index (κ1) is 15.8. The fourth-order valence-electron chi connectivity index (χ4n) is 2.02. The minimum absolute atomic E-state index is 0.131. The quantitative estimate of drug-likeness (QED) is 0.569. The highest BCUT2D eigenvalue weighted by atomic mass is 127. The molecule has 0 spiro atoms. The highest BCUT2D eigenvalue weighted by Gasteiger charge is 2.31. The zero-order valence-electron chi connectivity index (χ0n) is 12.4. The van der Waals surface area contributed by atoms with Crippen LogP contribution in [0.15, 0.2) is 54.6 Å². The van der Waals surface area contributed by atoms with E-state index in [1.54, 1.807) is 3.11 Å². The Hall–Kier alpha value is -1.56. The summed E-state index contributed by atoms with van der Waals surface area (Å²) in [7, 11) is 0. The molecule has 110 valence electrons. The molecule has 3 nitrogen and oxygen atoms in total. The standard InChI is InChI=1S/C17H19IN2O/c1-13-9-11-15(12-10-13)19-16(21)20(18)17(2,3)14-7-5-4-6-8-14/h4-12H,1-3H3,(H,19,21). The van der Waals surface area contributed by atoms with Crippen molar-refractivity contribution in [1.29, 1.82) is 0 Å². The molecule has 0 saturated heterocycles. The molecule has 0 bridgehead atoms. The van der Waals surface area contributed by atoms with Crippen LogP contribution in [-0.4, -0.2) is 9.14 Å². The Morgan fingerprint density at radius 3 is 2.19 bits per heavy atom. The maximum Gasteiger partial charge on any atom is 0.331 e. The number of rotatable bonds is 3. The molecule has 2 rings (SSSR count). The molecule has 0 fully saturated rings. The van der Waals surface area contributed by atoms with Gasteiger partial charge in [-0.15, -0.1) is 0 Å². The van der Waals surface area contributed by atoms with Gasteiger partial charge in [0.25, 0.3) is 0 Å². The van der Waals surface area contributed by atoms with Gasteiger partial charge in [0.15, 0.2) is 0 Å². The van der Waals surface area contributed by atoms with Crippen molar-refractivity contribution < 1.29 is 4.79 Å². The van der Waals surface area contributed by atoms with Crippen molar-refractivity contribution in [2.75, 3.05) is 5.32 Å². The molecule has 21 heavy (non-hydrogen) atoms. The van der Waals surface area contributed by atoms with E-state index in [4.69, 9.17) is 0 Å². The van der Waals surface area contributed by atoms with Gasteiger partial charge in [-0.05, 0) is 38.5 Å². The SMILES string of the molecule is Cc1ccc(NC(=O)N(I)C(C)(C)c2ccccc2)cc1. The van der Waals surface area contributed by atoms with Crippen molar-refractivity contribution in [3.8, 4) is 0 Å². The van der Waals surface area contributed by atoms with E-state index >= 15 is 0 Å². The van der Waals surface area contributed by atoms with Crippen LogP contribution in [0.4, 0.5) is 10.5 Å². The van der Waals surface area contributed by atoms with Crippen molar-refractivity contribution in [3.63, 3.8) is 0 Å². The molecule has 0 aliphatic rings. The molecule has 2 aromatic carbocycles. The van der Waals surface area contributed by atoms with Gasteiger partial charge in [0.1, 0.15) is 0 Å². The zero-order chi connectivity index (χ0) is 15.5. The van der Waals surface area contributed by atoms with Gasteiger partial charge in [-0.2, -0.15) is 0 Å². The predicted octanol–water partition coefficient (Wildman–Crippen LogP) is 5.11. The van der Waals surface area contributed by atoms with E-state index in [1.165, 1.54) is 5.56 Å². The van der Waals surface area contributed by atoms with Gasteiger partial charge < -0.3 is 5.32 Å². The number of hydrogen-bond acceptors (Lipinski definition) is 1. The van der Waals surface area contributed by atoms with E-state index in [9.17, 15) is 4.79 Å². The Balaban J connectivity index is 2.13. The fraction of sp³-hybridized carbons (Fsp3) is 0.235. The van der Waals surface area contributed by atoms with Crippen LogP contribution >= 0.6 is 22.9 Å². The van der Waals surface area contributed by atoms with Gasteiger partial charge in [0.2, 0.25) is 0 Å². The van der Waals surface area contributed by atoms with E-state index in [1.807, 2.05) is 75.4 Å². The van der Waals surface area contributed by atoms with Crippen molar-refractivity contribution in [1.82, 2.24) is 3.11 Å². The molecule has 0 unspecified atom stereocenters. The van der Waals surface area contributed by atoms with Gasteiger partial charge in [0, 0.05) is 5.69 Å². The van der Waals surface area contributed by atoms with Crippen LogP contribution in [0.25, 0.3) is 0 Å². The second-order valence-electron chi connectivity index (χ2n) is 5.50. The molecule has 0 aliphatic heterocycles. The molecule has 0 aromatic heterocycles. The molecular formula is C17H19IN2O. The number of benzene rings is 2. The number of aryl methyl sites for hydroxylation is 1. The van der Waals surface area contributed by atoms with E-state index in [0.29, 0.717) is 0 Å². The van der Waals surface area contributed by atoms with Gasteiger partial charge in [-0.3, -0.25) is 3.11 Å². The summed E-state index contributed by atoms with van der Waals surface area (Å²) in [6.45, 7) is 6.09. The summed E-state index contributed by atoms with van der Waals surface area (Å²) in [4.78, 5) is 12.4. The van der Waals surface area contributed by atoms with Gasteiger partial charge in [-0.25, -0.2) is 4.79 Å². The number of halogens is 1. The lowest BCUT2D eigenvalue weighted by molar-refractivity contribution is 0.217. The normalized spacial score (nSPS) is 11.0.